The number of aromatic nitrogens is 4. The van der Waals surface area contributed by atoms with Gasteiger partial charge in [0.25, 0.3) is 5.95 Å². The molecule has 0 aliphatic rings. The van der Waals surface area contributed by atoms with Crippen molar-refractivity contribution >= 4 is 23.7 Å². The average Bonchev–Trinajstić information content (AvgIpc) is 2.91. The first-order valence-corrected chi connectivity index (χ1v) is 6.38. The van der Waals surface area contributed by atoms with Gasteiger partial charge >= 0.3 is 12.1 Å². The number of carbonyl (C=O) groups is 2. The van der Waals surface area contributed by atoms with Crippen molar-refractivity contribution in [3.63, 3.8) is 0 Å². The van der Waals surface area contributed by atoms with E-state index >= 15 is 0 Å². The summed E-state index contributed by atoms with van der Waals surface area (Å²) in [7, 11) is 0. The third-order valence-electron chi connectivity index (χ3n) is 2.46. The van der Waals surface area contributed by atoms with Gasteiger partial charge < -0.3 is 9.84 Å². The van der Waals surface area contributed by atoms with Crippen molar-refractivity contribution in [1.29, 1.82) is 0 Å². The lowest BCUT2D eigenvalue weighted by atomic mass is 10.2. The SMILES string of the molecule is CC(C)(C)OC(=O)N(c1cccc(C(=O)O)c1)c1nn[nH]n1. The maximum atomic E-state index is 12.4. The van der Waals surface area contributed by atoms with Crippen LogP contribution in [0.15, 0.2) is 24.3 Å². The van der Waals surface area contributed by atoms with Crippen molar-refractivity contribution in [2.75, 3.05) is 4.90 Å². The molecular formula is C13H15N5O4. The lowest BCUT2D eigenvalue weighted by molar-refractivity contribution is 0.0595. The van der Waals surface area contributed by atoms with Crippen molar-refractivity contribution in [1.82, 2.24) is 20.6 Å². The zero-order valence-electron chi connectivity index (χ0n) is 12.3. The maximum absolute atomic E-state index is 12.4. The number of rotatable bonds is 3. The van der Waals surface area contributed by atoms with E-state index in [0.29, 0.717) is 0 Å². The van der Waals surface area contributed by atoms with Gasteiger partial charge in [-0.1, -0.05) is 11.2 Å². The summed E-state index contributed by atoms with van der Waals surface area (Å²) in [5.41, 5.74) is -0.450. The summed E-state index contributed by atoms with van der Waals surface area (Å²) in [6.45, 7) is 5.15. The fourth-order valence-electron chi connectivity index (χ4n) is 1.64. The number of benzene rings is 1. The van der Waals surface area contributed by atoms with E-state index in [-0.39, 0.29) is 17.2 Å². The molecule has 1 aromatic carbocycles. The summed E-state index contributed by atoms with van der Waals surface area (Å²) in [5, 5.41) is 22.2. The average molecular weight is 305 g/mol. The number of aromatic amines is 1. The van der Waals surface area contributed by atoms with Crippen LogP contribution < -0.4 is 4.90 Å². The lowest BCUT2D eigenvalue weighted by Crippen LogP contribution is -2.34. The van der Waals surface area contributed by atoms with E-state index in [0.717, 1.165) is 4.90 Å². The molecule has 116 valence electrons. The molecule has 1 heterocycles. The molecule has 0 saturated carbocycles. The number of carboxylic acid groups (broad SMARTS) is 1. The minimum absolute atomic E-state index is 0.0227. The van der Waals surface area contributed by atoms with Gasteiger partial charge in [0.05, 0.1) is 11.3 Å². The van der Waals surface area contributed by atoms with Gasteiger partial charge in [0.1, 0.15) is 5.60 Å². The zero-order valence-corrected chi connectivity index (χ0v) is 12.3. The van der Waals surface area contributed by atoms with E-state index in [4.69, 9.17) is 9.84 Å². The van der Waals surface area contributed by atoms with Crippen LogP contribution in [0.5, 0.6) is 0 Å². The Bertz CT molecular complexity index is 678. The van der Waals surface area contributed by atoms with Gasteiger partial charge in [-0.3, -0.25) is 0 Å². The predicted molar refractivity (Wildman–Crippen MR) is 76.0 cm³/mol. The summed E-state index contributed by atoms with van der Waals surface area (Å²) in [4.78, 5) is 24.5. The van der Waals surface area contributed by atoms with Gasteiger partial charge in [0.15, 0.2) is 0 Å². The van der Waals surface area contributed by atoms with Gasteiger partial charge in [-0.2, -0.15) is 5.21 Å². The van der Waals surface area contributed by atoms with Crippen molar-refractivity contribution in [2.24, 2.45) is 0 Å². The molecule has 1 aromatic heterocycles. The summed E-state index contributed by atoms with van der Waals surface area (Å²) in [6.07, 6.45) is -0.739. The van der Waals surface area contributed by atoms with E-state index in [1.54, 1.807) is 26.8 Å². The van der Waals surface area contributed by atoms with E-state index in [2.05, 4.69) is 20.6 Å². The fraction of sp³-hybridized carbons (Fsp3) is 0.308. The minimum atomic E-state index is -1.11. The summed E-state index contributed by atoms with van der Waals surface area (Å²) in [6, 6.07) is 5.79. The molecular weight excluding hydrogens is 290 g/mol. The van der Waals surface area contributed by atoms with Gasteiger partial charge in [-0.15, -0.1) is 5.10 Å². The molecule has 0 unspecified atom stereocenters. The smallest absolute Gasteiger partial charge is 0.422 e. The number of nitrogens with zero attached hydrogens (tertiary/aromatic N) is 4. The number of H-pyrrole nitrogens is 1. The minimum Gasteiger partial charge on any atom is -0.478 e. The van der Waals surface area contributed by atoms with E-state index in [9.17, 15) is 9.59 Å². The molecule has 0 saturated heterocycles. The van der Waals surface area contributed by atoms with Crippen molar-refractivity contribution in [2.45, 2.75) is 26.4 Å². The quantitative estimate of drug-likeness (QED) is 0.888. The Morgan fingerprint density at radius 2 is 2.05 bits per heavy atom. The van der Waals surface area contributed by atoms with Crippen LogP contribution in [0.1, 0.15) is 31.1 Å². The van der Waals surface area contributed by atoms with Crippen LogP contribution in [0.2, 0.25) is 0 Å². The second-order valence-electron chi connectivity index (χ2n) is 5.38. The standard InChI is InChI=1S/C13H15N5O4/c1-13(2,3)22-12(21)18(11-14-16-17-15-11)9-6-4-5-8(7-9)10(19)20/h4-7H,1-3H3,(H,19,20)(H,14,15,16,17). The first-order chi connectivity index (χ1) is 10.3. The molecule has 0 aliphatic heterocycles. The molecule has 2 aromatic rings. The molecule has 9 nitrogen and oxygen atoms in total. The largest absolute Gasteiger partial charge is 0.478 e. The number of amides is 1. The number of ether oxygens (including phenoxy) is 1. The van der Waals surface area contributed by atoms with E-state index in [1.165, 1.54) is 18.2 Å². The number of carboxylic acids is 1. The molecule has 1 amide bonds. The topological polar surface area (TPSA) is 121 Å². The Morgan fingerprint density at radius 1 is 1.32 bits per heavy atom. The fourth-order valence-corrected chi connectivity index (χ4v) is 1.64. The molecule has 0 radical (unpaired) electrons. The van der Waals surface area contributed by atoms with Gasteiger partial charge in [-0.25, -0.2) is 14.5 Å². The molecule has 22 heavy (non-hydrogen) atoms. The first-order valence-electron chi connectivity index (χ1n) is 6.38. The van der Waals surface area contributed by atoms with E-state index in [1.807, 2.05) is 0 Å². The molecule has 0 atom stereocenters. The van der Waals surface area contributed by atoms with Crippen LogP contribution in [0, 0.1) is 0 Å². The molecule has 0 bridgehead atoms. The molecule has 2 N–H and O–H groups in total. The molecule has 0 aliphatic carbocycles. The Morgan fingerprint density at radius 3 is 2.59 bits per heavy atom. The highest BCUT2D eigenvalue weighted by Gasteiger charge is 2.28. The predicted octanol–water partition coefficient (Wildman–Crippen LogP) is 1.97. The number of hydrogen-bond acceptors (Lipinski definition) is 6. The Labute approximate surface area is 125 Å². The van der Waals surface area contributed by atoms with Crippen LogP contribution in [0.3, 0.4) is 0 Å². The van der Waals surface area contributed by atoms with Crippen molar-refractivity contribution in [3.8, 4) is 0 Å². The van der Waals surface area contributed by atoms with Crippen LogP contribution >= 0.6 is 0 Å². The normalized spacial score (nSPS) is 11.0. The molecule has 0 spiro atoms. The van der Waals surface area contributed by atoms with Crippen LogP contribution in [0.4, 0.5) is 16.4 Å². The first kappa shape index (κ1) is 15.4. The van der Waals surface area contributed by atoms with Gasteiger partial charge in [0.2, 0.25) is 0 Å². The van der Waals surface area contributed by atoms with Crippen LogP contribution in [-0.4, -0.2) is 43.4 Å². The number of aromatic carboxylic acids is 1. The number of anilines is 2. The van der Waals surface area contributed by atoms with E-state index < -0.39 is 17.7 Å². The highest BCUT2D eigenvalue weighted by Crippen LogP contribution is 2.25. The van der Waals surface area contributed by atoms with Crippen LogP contribution in [-0.2, 0) is 4.74 Å². The van der Waals surface area contributed by atoms with Crippen molar-refractivity contribution < 1.29 is 19.4 Å². The number of carbonyl (C=O) groups excluding carboxylic acids is 1. The summed E-state index contributed by atoms with van der Waals surface area (Å²) in [5.74, 6) is -1.16. The molecule has 0 fully saturated rings. The molecule has 9 heteroatoms. The van der Waals surface area contributed by atoms with Gasteiger partial charge in [0, 0.05) is 0 Å². The second kappa shape index (κ2) is 5.80. The number of tetrazole rings is 1. The zero-order chi connectivity index (χ0) is 16.3. The monoisotopic (exact) mass is 305 g/mol. The highest BCUT2D eigenvalue weighted by molar-refractivity contribution is 5.96. The van der Waals surface area contributed by atoms with Crippen LogP contribution in [0.25, 0.3) is 0 Å². The number of hydrogen-bond donors (Lipinski definition) is 2. The van der Waals surface area contributed by atoms with Gasteiger partial charge in [-0.05, 0) is 44.2 Å². The highest BCUT2D eigenvalue weighted by atomic mass is 16.6. The maximum Gasteiger partial charge on any atom is 0.422 e. The number of nitrogens with one attached hydrogen (secondary N) is 1. The summed E-state index contributed by atoms with van der Waals surface area (Å²) >= 11 is 0. The second-order valence-corrected chi connectivity index (χ2v) is 5.38. The molecule has 2 rings (SSSR count). The Hall–Kier alpha value is -2.97. The lowest BCUT2D eigenvalue weighted by Gasteiger charge is -2.25. The Balaban J connectivity index is 2.43. The third-order valence-corrected chi connectivity index (χ3v) is 2.46. The third kappa shape index (κ3) is 3.57. The Kier molecular flexibility index (Phi) is 4.06. The summed E-state index contributed by atoms with van der Waals surface area (Å²) < 4.78 is 5.30. The van der Waals surface area contributed by atoms with Crippen molar-refractivity contribution in [3.05, 3.63) is 29.8 Å².